The van der Waals surface area contributed by atoms with Gasteiger partial charge in [-0.2, -0.15) is 0 Å². The minimum Gasteiger partial charge on any atom is -0.313 e. The average molecular weight is 342 g/mol. The Hall–Kier alpha value is -0.920. The first-order valence-electron chi connectivity index (χ1n) is 6.10. The van der Waals surface area contributed by atoms with Crippen molar-refractivity contribution in [3.8, 4) is 0 Å². The Bertz CT molecular complexity index is 543. The van der Waals surface area contributed by atoms with Gasteiger partial charge in [-0.3, -0.25) is 0 Å². The van der Waals surface area contributed by atoms with E-state index in [9.17, 15) is 0 Å². The molecule has 0 radical (unpaired) electrons. The van der Waals surface area contributed by atoms with Gasteiger partial charge in [0, 0.05) is 23.0 Å². The Morgan fingerprint density at radius 3 is 2.89 bits per heavy atom. The quantitative estimate of drug-likeness (QED) is 0.818. The Kier molecular flexibility index (Phi) is 5.35. The molecule has 0 aliphatic heterocycles. The summed E-state index contributed by atoms with van der Waals surface area (Å²) in [6, 6.07) is 6.35. The molecule has 5 nitrogen and oxygen atoms in total. The molecule has 2 rings (SSSR count). The van der Waals surface area contributed by atoms with Gasteiger partial charge in [0.05, 0.1) is 0 Å². The van der Waals surface area contributed by atoms with Crippen molar-refractivity contribution in [1.29, 1.82) is 0 Å². The second-order valence-electron chi connectivity index (χ2n) is 4.13. The second-order valence-corrected chi connectivity index (χ2v) is 5.99. The minimum absolute atomic E-state index is 0.776. The van der Waals surface area contributed by atoms with Crippen molar-refractivity contribution in [1.82, 2.24) is 25.5 Å². The first-order chi connectivity index (χ1) is 9.20. The fourth-order valence-electron chi connectivity index (χ4n) is 1.55. The van der Waals surface area contributed by atoms with Crippen molar-refractivity contribution >= 4 is 27.7 Å². The van der Waals surface area contributed by atoms with Crippen LogP contribution in [0.3, 0.4) is 0 Å². The summed E-state index contributed by atoms with van der Waals surface area (Å²) in [7, 11) is 1.83. The Morgan fingerprint density at radius 2 is 2.26 bits per heavy atom. The number of nitrogens with one attached hydrogen (secondary N) is 1. The number of aromatic nitrogens is 4. The lowest BCUT2D eigenvalue weighted by Crippen LogP contribution is -2.13. The Labute approximate surface area is 125 Å². The summed E-state index contributed by atoms with van der Waals surface area (Å²) in [5.74, 6) is 0. The van der Waals surface area contributed by atoms with Gasteiger partial charge in [-0.05, 0) is 68.8 Å². The maximum Gasteiger partial charge on any atom is 0.213 e. The third-order valence-corrected chi connectivity index (χ3v) is 4.56. The van der Waals surface area contributed by atoms with E-state index < -0.39 is 0 Å². The summed E-state index contributed by atoms with van der Waals surface area (Å²) < 4.78 is 2.73. The fourth-order valence-corrected chi connectivity index (χ4v) is 2.96. The Balaban J connectivity index is 2.05. The van der Waals surface area contributed by atoms with Gasteiger partial charge in [-0.15, -0.1) is 5.10 Å². The van der Waals surface area contributed by atoms with Gasteiger partial charge in [-0.25, -0.2) is 4.68 Å². The summed E-state index contributed by atoms with van der Waals surface area (Å²) in [5, 5.41) is 15.6. The van der Waals surface area contributed by atoms with Crippen molar-refractivity contribution in [2.75, 3.05) is 6.54 Å². The molecule has 0 spiro atoms. The zero-order valence-corrected chi connectivity index (χ0v) is 13.3. The molecule has 1 N–H and O–H groups in total. The zero-order chi connectivity index (χ0) is 13.7. The van der Waals surface area contributed by atoms with Crippen LogP contribution in [0.4, 0.5) is 0 Å². The third-order valence-electron chi connectivity index (χ3n) is 2.53. The standard InChI is InChI=1S/C12H16BrN5S/c1-3-6-14-8-9-4-5-11(10(13)7-9)19-12-15-16-17-18(12)2/h4-5,7,14H,3,6,8H2,1-2H3. The maximum absolute atomic E-state index is 3.97. The number of halogens is 1. The van der Waals surface area contributed by atoms with Gasteiger partial charge >= 0.3 is 0 Å². The number of tetrazole rings is 1. The summed E-state index contributed by atoms with van der Waals surface area (Å²) in [4.78, 5) is 1.11. The summed E-state index contributed by atoms with van der Waals surface area (Å²) >= 11 is 5.14. The van der Waals surface area contributed by atoms with E-state index in [1.165, 1.54) is 5.56 Å². The molecule has 1 aromatic heterocycles. The largest absolute Gasteiger partial charge is 0.313 e. The minimum atomic E-state index is 0.776. The molecule has 0 saturated heterocycles. The number of aryl methyl sites for hydroxylation is 1. The SMILES string of the molecule is CCCNCc1ccc(Sc2nnnn2C)c(Br)c1. The lowest BCUT2D eigenvalue weighted by Gasteiger charge is -2.07. The highest BCUT2D eigenvalue weighted by atomic mass is 79.9. The summed E-state index contributed by atoms with van der Waals surface area (Å²) in [6.07, 6.45) is 1.15. The predicted octanol–water partition coefficient (Wildman–Crippen LogP) is 2.62. The number of rotatable bonds is 6. The number of benzene rings is 1. The molecule has 0 bridgehead atoms. The molecule has 7 heteroatoms. The number of hydrogen-bond acceptors (Lipinski definition) is 5. The first kappa shape index (κ1) is 14.5. The lowest BCUT2D eigenvalue weighted by molar-refractivity contribution is 0.664. The lowest BCUT2D eigenvalue weighted by atomic mass is 10.2. The molecule has 1 heterocycles. The van der Waals surface area contributed by atoms with E-state index in [2.05, 4.69) is 61.9 Å². The molecule has 0 unspecified atom stereocenters. The van der Waals surface area contributed by atoms with E-state index in [-0.39, 0.29) is 0 Å². The van der Waals surface area contributed by atoms with Crippen LogP contribution in [0.15, 0.2) is 32.7 Å². The van der Waals surface area contributed by atoms with E-state index in [0.29, 0.717) is 0 Å². The highest BCUT2D eigenvalue weighted by Gasteiger charge is 2.08. The third kappa shape index (κ3) is 4.02. The highest BCUT2D eigenvalue weighted by Crippen LogP contribution is 2.32. The van der Waals surface area contributed by atoms with Gasteiger partial charge < -0.3 is 5.32 Å². The van der Waals surface area contributed by atoms with E-state index >= 15 is 0 Å². The van der Waals surface area contributed by atoms with Gasteiger partial charge in [0.1, 0.15) is 0 Å². The van der Waals surface area contributed by atoms with Crippen molar-refractivity contribution in [3.63, 3.8) is 0 Å². The van der Waals surface area contributed by atoms with Crippen LogP contribution in [0.5, 0.6) is 0 Å². The monoisotopic (exact) mass is 341 g/mol. The van der Waals surface area contributed by atoms with E-state index in [1.807, 2.05) is 7.05 Å². The molecule has 2 aromatic rings. The van der Waals surface area contributed by atoms with Crippen molar-refractivity contribution in [3.05, 3.63) is 28.2 Å². The Morgan fingerprint density at radius 1 is 1.42 bits per heavy atom. The van der Waals surface area contributed by atoms with Crippen LogP contribution >= 0.6 is 27.7 Å². The smallest absolute Gasteiger partial charge is 0.213 e. The second kappa shape index (κ2) is 7.02. The molecule has 0 fully saturated rings. The number of hydrogen-bond donors (Lipinski definition) is 1. The topological polar surface area (TPSA) is 55.6 Å². The molecule has 1 aromatic carbocycles. The fraction of sp³-hybridized carbons (Fsp3) is 0.417. The van der Waals surface area contributed by atoms with Gasteiger partial charge in [0.15, 0.2) is 0 Å². The van der Waals surface area contributed by atoms with Crippen LogP contribution in [-0.2, 0) is 13.6 Å². The van der Waals surface area contributed by atoms with Crippen LogP contribution in [0.25, 0.3) is 0 Å². The highest BCUT2D eigenvalue weighted by molar-refractivity contribution is 9.10. The maximum atomic E-state index is 3.97. The van der Waals surface area contributed by atoms with Crippen LogP contribution in [0, 0.1) is 0 Å². The summed E-state index contributed by atoms with van der Waals surface area (Å²) in [6.45, 7) is 4.10. The molecule has 0 aliphatic rings. The van der Waals surface area contributed by atoms with Gasteiger partial charge in [-0.1, -0.05) is 13.0 Å². The van der Waals surface area contributed by atoms with Crippen molar-refractivity contribution < 1.29 is 0 Å². The van der Waals surface area contributed by atoms with E-state index in [0.717, 1.165) is 34.0 Å². The van der Waals surface area contributed by atoms with Crippen LogP contribution < -0.4 is 5.32 Å². The molecule has 0 aliphatic carbocycles. The molecule has 0 amide bonds. The van der Waals surface area contributed by atoms with Crippen LogP contribution in [-0.4, -0.2) is 26.8 Å². The molecule has 19 heavy (non-hydrogen) atoms. The normalized spacial score (nSPS) is 10.9. The molecule has 0 atom stereocenters. The number of nitrogens with zero attached hydrogens (tertiary/aromatic N) is 4. The molecule has 0 saturated carbocycles. The van der Waals surface area contributed by atoms with Gasteiger partial charge in [0.25, 0.3) is 0 Å². The van der Waals surface area contributed by atoms with Crippen LogP contribution in [0.1, 0.15) is 18.9 Å². The first-order valence-corrected chi connectivity index (χ1v) is 7.71. The molecule has 102 valence electrons. The average Bonchev–Trinajstić information content (AvgIpc) is 2.79. The molecular weight excluding hydrogens is 326 g/mol. The van der Waals surface area contributed by atoms with E-state index in [4.69, 9.17) is 0 Å². The van der Waals surface area contributed by atoms with Gasteiger partial charge in [0.2, 0.25) is 5.16 Å². The van der Waals surface area contributed by atoms with E-state index in [1.54, 1.807) is 16.4 Å². The zero-order valence-electron chi connectivity index (χ0n) is 10.9. The van der Waals surface area contributed by atoms with Crippen molar-refractivity contribution in [2.24, 2.45) is 7.05 Å². The van der Waals surface area contributed by atoms with Crippen LogP contribution in [0.2, 0.25) is 0 Å². The van der Waals surface area contributed by atoms with Crippen molar-refractivity contribution in [2.45, 2.75) is 29.9 Å². The molecular formula is C12H16BrN5S. The summed E-state index contributed by atoms with van der Waals surface area (Å²) in [5.41, 5.74) is 1.26. The predicted molar refractivity (Wildman–Crippen MR) is 79.1 cm³/mol.